The Labute approximate surface area is 86.5 Å². The van der Waals surface area contributed by atoms with Gasteiger partial charge < -0.3 is 5.11 Å². The first kappa shape index (κ1) is 9.97. The van der Waals surface area contributed by atoms with Crippen LogP contribution >= 0.6 is 0 Å². The van der Waals surface area contributed by atoms with Crippen LogP contribution in [0.3, 0.4) is 0 Å². The third-order valence-electron chi connectivity index (χ3n) is 4.22. The van der Waals surface area contributed by atoms with Crippen LogP contribution in [0, 0.1) is 5.41 Å². The van der Waals surface area contributed by atoms with Crippen molar-refractivity contribution in [1.29, 1.82) is 0 Å². The highest BCUT2D eigenvalue weighted by atomic mass is 16.3. The molecule has 1 atom stereocenters. The number of hydrogen-bond donors (Lipinski definition) is 1. The van der Waals surface area contributed by atoms with Crippen molar-refractivity contribution in [1.82, 2.24) is 0 Å². The van der Waals surface area contributed by atoms with Gasteiger partial charge >= 0.3 is 0 Å². The lowest BCUT2D eigenvalue weighted by Crippen LogP contribution is -2.56. The zero-order valence-corrected chi connectivity index (χ0v) is 8.84. The smallest absolute Gasteiger partial charge is 0.0886 e. The largest absolute Gasteiger partial charge is 0.385 e. The Bertz CT molecular complexity index is 248. The van der Waals surface area contributed by atoms with E-state index in [1.807, 2.05) is 12.2 Å². The molecule has 78 valence electrons. The van der Waals surface area contributed by atoms with Crippen LogP contribution in [0.4, 0.5) is 0 Å². The highest BCUT2D eigenvalue weighted by Crippen LogP contribution is 2.58. The van der Waals surface area contributed by atoms with Crippen LogP contribution in [0.1, 0.15) is 44.9 Å². The average molecular weight is 192 g/mol. The van der Waals surface area contributed by atoms with Crippen LogP contribution < -0.4 is 0 Å². The second kappa shape index (κ2) is 3.54. The summed E-state index contributed by atoms with van der Waals surface area (Å²) in [6.07, 6.45) is 14.1. The molecule has 2 saturated carbocycles. The van der Waals surface area contributed by atoms with E-state index < -0.39 is 5.60 Å². The van der Waals surface area contributed by atoms with Crippen LogP contribution in [-0.2, 0) is 0 Å². The first-order valence-corrected chi connectivity index (χ1v) is 5.75. The van der Waals surface area contributed by atoms with E-state index in [0.29, 0.717) is 0 Å². The van der Waals surface area contributed by atoms with Crippen molar-refractivity contribution in [3.8, 4) is 0 Å². The monoisotopic (exact) mass is 192 g/mol. The number of hydrogen-bond acceptors (Lipinski definition) is 1. The molecule has 1 nitrogen and oxygen atoms in total. The Balaban J connectivity index is 2.12. The number of aliphatic hydroxyl groups is 1. The maximum absolute atomic E-state index is 10.5. The lowest BCUT2D eigenvalue weighted by atomic mass is 9.51. The molecule has 0 amide bonds. The molecule has 2 aliphatic carbocycles. The second-order valence-corrected chi connectivity index (χ2v) is 4.86. The summed E-state index contributed by atoms with van der Waals surface area (Å²) in [5.41, 5.74) is -0.285. The van der Waals surface area contributed by atoms with Gasteiger partial charge in [0, 0.05) is 5.41 Å². The molecule has 0 bridgehead atoms. The van der Waals surface area contributed by atoms with E-state index in [0.717, 1.165) is 6.42 Å². The zero-order valence-electron chi connectivity index (χ0n) is 8.84. The van der Waals surface area contributed by atoms with E-state index in [1.54, 1.807) is 6.08 Å². The molecule has 14 heavy (non-hydrogen) atoms. The summed E-state index contributed by atoms with van der Waals surface area (Å²) >= 11 is 0. The van der Waals surface area contributed by atoms with Crippen molar-refractivity contribution < 1.29 is 5.11 Å². The van der Waals surface area contributed by atoms with Crippen molar-refractivity contribution in [3.05, 3.63) is 24.8 Å². The number of allylic oxidation sites excluding steroid dienone is 2. The van der Waals surface area contributed by atoms with E-state index in [2.05, 4.69) is 6.58 Å². The molecule has 2 fully saturated rings. The summed E-state index contributed by atoms with van der Waals surface area (Å²) in [5.74, 6) is 0. The Hall–Kier alpha value is -0.560. The van der Waals surface area contributed by atoms with Gasteiger partial charge in [0.2, 0.25) is 0 Å². The van der Waals surface area contributed by atoms with E-state index in [-0.39, 0.29) is 5.41 Å². The van der Waals surface area contributed by atoms with Crippen molar-refractivity contribution in [2.45, 2.75) is 50.5 Å². The van der Waals surface area contributed by atoms with Crippen LogP contribution in [0.15, 0.2) is 24.8 Å². The molecule has 0 aromatic heterocycles. The minimum Gasteiger partial charge on any atom is -0.385 e. The highest BCUT2D eigenvalue weighted by molar-refractivity contribution is 5.20. The van der Waals surface area contributed by atoms with Crippen molar-refractivity contribution in [3.63, 3.8) is 0 Å². The highest BCUT2D eigenvalue weighted by Gasteiger charge is 2.56. The maximum atomic E-state index is 10.5. The Kier molecular flexibility index (Phi) is 2.52. The third-order valence-corrected chi connectivity index (χ3v) is 4.22. The van der Waals surface area contributed by atoms with Crippen LogP contribution in [0.2, 0.25) is 0 Å². The minimum atomic E-state index is -0.512. The SMILES string of the molecule is C=C/C=C\C1(O)CCC12CCCCC2. The lowest BCUT2D eigenvalue weighted by Gasteiger charge is -2.57. The van der Waals surface area contributed by atoms with Crippen LogP contribution in [0.25, 0.3) is 0 Å². The van der Waals surface area contributed by atoms with E-state index in [9.17, 15) is 5.11 Å². The van der Waals surface area contributed by atoms with Gasteiger partial charge in [0.1, 0.15) is 0 Å². The fraction of sp³-hybridized carbons (Fsp3) is 0.692. The van der Waals surface area contributed by atoms with Gasteiger partial charge in [-0.2, -0.15) is 0 Å². The predicted octanol–water partition coefficient (Wildman–Crippen LogP) is 3.20. The van der Waals surface area contributed by atoms with Gasteiger partial charge in [-0.3, -0.25) is 0 Å². The summed E-state index contributed by atoms with van der Waals surface area (Å²) < 4.78 is 0. The minimum absolute atomic E-state index is 0.227. The summed E-state index contributed by atoms with van der Waals surface area (Å²) in [4.78, 5) is 0. The Morgan fingerprint density at radius 3 is 2.21 bits per heavy atom. The van der Waals surface area contributed by atoms with Crippen molar-refractivity contribution in [2.75, 3.05) is 0 Å². The first-order valence-electron chi connectivity index (χ1n) is 5.75. The fourth-order valence-corrected chi connectivity index (χ4v) is 3.13. The van der Waals surface area contributed by atoms with Crippen LogP contribution in [-0.4, -0.2) is 10.7 Å². The molecule has 0 saturated heterocycles. The summed E-state index contributed by atoms with van der Waals surface area (Å²) in [5, 5.41) is 10.5. The van der Waals surface area contributed by atoms with Gasteiger partial charge in [-0.1, -0.05) is 44.1 Å². The standard InChI is InChI=1S/C13H20O/c1-2-3-9-13(14)11-10-12(13)7-5-4-6-8-12/h2-3,9,14H,1,4-8,10-11H2/b9-3-. The molecule has 0 heterocycles. The quantitative estimate of drug-likeness (QED) is 0.666. The van der Waals surface area contributed by atoms with Gasteiger partial charge in [0.15, 0.2) is 0 Å². The summed E-state index contributed by atoms with van der Waals surface area (Å²) in [6, 6.07) is 0. The molecule has 0 aromatic carbocycles. The van der Waals surface area contributed by atoms with Gasteiger partial charge in [0.25, 0.3) is 0 Å². The van der Waals surface area contributed by atoms with E-state index >= 15 is 0 Å². The van der Waals surface area contributed by atoms with Gasteiger partial charge in [-0.15, -0.1) is 0 Å². The maximum Gasteiger partial charge on any atom is 0.0886 e. The topological polar surface area (TPSA) is 20.2 Å². The first-order chi connectivity index (χ1) is 6.72. The molecule has 2 rings (SSSR count). The second-order valence-electron chi connectivity index (χ2n) is 4.86. The molecule has 0 aliphatic heterocycles. The molecular weight excluding hydrogens is 172 g/mol. The van der Waals surface area contributed by atoms with E-state index in [1.165, 1.54) is 38.5 Å². The molecule has 2 aliphatic rings. The zero-order chi connectivity index (χ0) is 10.1. The third kappa shape index (κ3) is 1.35. The lowest BCUT2D eigenvalue weighted by molar-refractivity contribution is -0.148. The van der Waals surface area contributed by atoms with Crippen molar-refractivity contribution >= 4 is 0 Å². The number of rotatable bonds is 2. The van der Waals surface area contributed by atoms with Gasteiger partial charge in [-0.05, 0) is 25.7 Å². The van der Waals surface area contributed by atoms with Gasteiger partial charge in [0.05, 0.1) is 5.60 Å². The molecule has 1 unspecified atom stereocenters. The van der Waals surface area contributed by atoms with Gasteiger partial charge in [-0.25, -0.2) is 0 Å². The van der Waals surface area contributed by atoms with Crippen molar-refractivity contribution in [2.24, 2.45) is 5.41 Å². The fourth-order valence-electron chi connectivity index (χ4n) is 3.13. The molecule has 0 radical (unpaired) electrons. The molecule has 1 heteroatoms. The Morgan fingerprint density at radius 1 is 1.00 bits per heavy atom. The molecule has 1 N–H and O–H groups in total. The summed E-state index contributed by atoms with van der Waals surface area (Å²) in [6.45, 7) is 3.66. The predicted molar refractivity (Wildman–Crippen MR) is 59.0 cm³/mol. The van der Waals surface area contributed by atoms with E-state index in [4.69, 9.17) is 0 Å². The van der Waals surface area contributed by atoms with Crippen LogP contribution in [0.5, 0.6) is 0 Å². The normalized spacial score (nSPS) is 35.8. The molecule has 1 spiro atoms. The molecular formula is C13H20O. The average Bonchev–Trinajstić information content (AvgIpc) is 2.25. The Morgan fingerprint density at radius 2 is 1.71 bits per heavy atom. The molecule has 0 aromatic rings. The summed E-state index contributed by atoms with van der Waals surface area (Å²) in [7, 11) is 0.